The summed E-state index contributed by atoms with van der Waals surface area (Å²) in [6, 6.07) is 14.3. The number of hydrogen-bond acceptors (Lipinski definition) is 5. The number of nitrogens with two attached hydrogens (primary N) is 1. The van der Waals surface area contributed by atoms with E-state index in [1.54, 1.807) is 19.1 Å². The van der Waals surface area contributed by atoms with Crippen LogP contribution in [0.4, 0.5) is 11.4 Å². The third-order valence-electron chi connectivity index (χ3n) is 5.31. The molecule has 1 unspecified atom stereocenters. The molecule has 7 heteroatoms. The molecule has 1 aliphatic heterocycles. The number of nitrogens with one attached hydrogen (secondary N) is 1. The summed E-state index contributed by atoms with van der Waals surface area (Å²) in [6.07, 6.45) is 0. The summed E-state index contributed by atoms with van der Waals surface area (Å²) < 4.78 is 0. The first-order chi connectivity index (χ1) is 12.9. The number of amides is 1. The fourth-order valence-corrected chi connectivity index (χ4v) is 3.59. The predicted molar refractivity (Wildman–Crippen MR) is 105 cm³/mol. The van der Waals surface area contributed by atoms with E-state index in [1.807, 2.05) is 25.1 Å². The van der Waals surface area contributed by atoms with E-state index >= 15 is 0 Å². The van der Waals surface area contributed by atoms with E-state index in [4.69, 9.17) is 5.73 Å². The molecule has 0 spiro atoms. The summed E-state index contributed by atoms with van der Waals surface area (Å²) in [7, 11) is 0. The van der Waals surface area contributed by atoms with Crippen LogP contribution in [0.25, 0.3) is 0 Å². The largest absolute Gasteiger partial charge is 0.326 e. The molecule has 0 radical (unpaired) electrons. The predicted octanol–water partition coefficient (Wildman–Crippen LogP) is 2.66. The van der Waals surface area contributed by atoms with Gasteiger partial charge in [-0.05, 0) is 25.5 Å². The van der Waals surface area contributed by atoms with Gasteiger partial charge in [-0.15, -0.1) is 0 Å². The molecule has 7 nitrogen and oxygen atoms in total. The Morgan fingerprint density at radius 1 is 1.22 bits per heavy atom. The maximum absolute atomic E-state index is 12.7. The average molecular weight is 368 g/mol. The second kappa shape index (κ2) is 7.85. The molecular weight excluding hydrogens is 344 g/mol. The van der Waals surface area contributed by atoms with Crippen LogP contribution in [0.3, 0.4) is 0 Å². The molecule has 1 fully saturated rings. The van der Waals surface area contributed by atoms with Crippen LogP contribution < -0.4 is 11.1 Å². The number of likely N-dealkylation sites (tertiary alicyclic amines) is 1. The number of benzene rings is 2. The lowest BCUT2D eigenvalue weighted by atomic mass is 9.95. The summed E-state index contributed by atoms with van der Waals surface area (Å²) in [5.74, 6) is -0.0134. The molecule has 1 heterocycles. The number of rotatable bonds is 5. The van der Waals surface area contributed by atoms with E-state index in [-0.39, 0.29) is 29.6 Å². The van der Waals surface area contributed by atoms with Gasteiger partial charge in [0.25, 0.3) is 5.69 Å². The van der Waals surface area contributed by atoms with Crippen LogP contribution in [0.5, 0.6) is 0 Å². The number of carbonyl (C=O) groups is 1. The number of anilines is 1. The minimum Gasteiger partial charge on any atom is -0.326 e. The fraction of sp³-hybridized carbons (Fsp3) is 0.350. The van der Waals surface area contributed by atoms with Gasteiger partial charge in [0.05, 0.1) is 22.2 Å². The van der Waals surface area contributed by atoms with Gasteiger partial charge in [-0.3, -0.25) is 19.8 Å². The fourth-order valence-electron chi connectivity index (χ4n) is 3.59. The molecule has 1 saturated heterocycles. The van der Waals surface area contributed by atoms with Gasteiger partial charge < -0.3 is 11.1 Å². The number of carbonyl (C=O) groups excluding carboxylic acids is 1. The quantitative estimate of drug-likeness (QED) is 0.624. The Balaban J connectivity index is 1.70. The van der Waals surface area contributed by atoms with Gasteiger partial charge in [0, 0.05) is 31.1 Å². The first kappa shape index (κ1) is 19.0. The zero-order chi connectivity index (χ0) is 19.6. The van der Waals surface area contributed by atoms with Crippen LogP contribution >= 0.6 is 0 Å². The Hall–Kier alpha value is -2.77. The first-order valence-corrected chi connectivity index (χ1v) is 8.98. The molecule has 3 rings (SSSR count). The lowest BCUT2D eigenvalue weighted by molar-refractivity contribution is -0.385. The van der Waals surface area contributed by atoms with Crippen LogP contribution in [0, 0.1) is 17.0 Å². The van der Waals surface area contributed by atoms with Gasteiger partial charge in [-0.1, -0.05) is 36.4 Å². The summed E-state index contributed by atoms with van der Waals surface area (Å²) >= 11 is 0. The Bertz CT molecular complexity index is 840. The highest BCUT2D eigenvalue weighted by Gasteiger charge is 2.35. The van der Waals surface area contributed by atoms with Gasteiger partial charge in [0.1, 0.15) is 0 Å². The number of nitro groups is 1. The number of hydrogen-bond donors (Lipinski definition) is 2. The molecule has 0 bridgehead atoms. The zero-order valence-electron chi connectivity index (χ0n) is 15.5. The molecule has 1 amide bonds. The first-order valence-electron chi connectivity index (χ1n) is 8.98. The van der Waals surface area contributed by atoms with Gasteiger partial charge in [-0.2, -0.15) is 0 Å². The van der Waals surface area contributed by atoms with Crippen molar-refractivity contribution in [1.29, 1.82) is 0 Å². The Morgan fingerprint density at radius 2 is 1.93 bits per heavy atom. The lowest BCUT2D eigenvalue weighted by Crippen LogP contribution is -2.41. The molecule has 1 aliphatic rings. The molecule has 3 N–H and O–H groups in total. The third-order valence-corrected chi connectivity index (χ3v) is 5.31. The molecule has 2 aromatic carbocycles. The van der Waals surface area contributed by atoms with Crippen molar-refractivity contribution < 1.29 is 9.72 Å². The van der Waals surface area contributed by atoms with Crippen molar-refractivity contribution in [2.24, 2.45) is 5.73 Å². The molecule has 0 aliphatic carbocycles. The molecule has 2 aromatic rings. The Labute approximate surface area is 158 Å². The molecule has 0 aromatic heterocycles. The van der Waals surface area contributed by atoms with Crippen LogP contribution in [0.1, 0.15) is 24.0 Å². The summed E-state index contributed by atoms with van der Waals surface area (Å²) in [5.41, 5.74) is 8.40. The monoisotopic (exact) mass is 368 g/mol. The average Bonchev–Trinajstić information content (AvgIpc) is 3.05. The van der Waals surface area contributed by atoms with Gasteiger partial charge in [-0.25, -0.2) is 0 Å². The van der Waals surface area contributed by atoms with E-state index in [1.165, 1.54) is 11.6 Å². The summed E-state index contributed by atoms with van der Waals surface area (Å²) in [4.78, 5) is 25.4. The van der Waals surface area contributed by atoms with Crippen molar-refractivity contribution in [3.63, 3.8) is 0 Å². The maximum atomic E-state index is 12.7. The van der Waals surface area contributed by atoms with E-state index in [9.17, 15) is 14.9 Å². The van der Waals surface area contributed by atoms with Crippen LogP contribution in [0.2, 0.25) is 0 Å². The SMILES string of the molecule is Cc1c(NC(=O)C(C)N2C[C@@H](N)[C@H](c3ccccc3)C2)cccc1[N+](=O)[O-]. The smallest absolute Gasteiger partial charge is 0.274 e. The van der Waals surface area contributed by atoms with E-state index in [2.05, 4.69) is 22.3 Å². The molecule has 27 heavy (non-hydrogen) atoms. The Morgan fingerprint density at radius 3 is 2.59 bits per heavy atom. The van der Waals surface area contributed by atoms with Crippen molar-refractivity contribution in [2.75, 3.05) is 18.4 Å². The van der Waals surface area contributed by atoms with Crippen molar-refractivity contribution >= 4 is 17.3 Å². The highest BCUT2D eigenvalue weighted by Crippen LogP contribution is 2.29. The molecule has 142 valence electrons. The van der Waals surface area contributed by atoms with Crippen LogP contribution in [-0.2, 0) is 4.79 Å². The van der Waals surface area contributed by atoms with Gasteiger partial charge in [0.2, 0.25) is 5.91 Å². The Kier molecular flexibility index (Phi) is 5.53. The van der Waals surface area contributed by atoms with E-state index < -0.39 is 4.92 Å². The highest BCUT2D eigenvalue weighted by molar-refractivity contribution is 5.95. The number of nitrogens with zero attached hydrogens (tertiary/aromatic N) is 2. The minimum atomic E-state index is -0.446. The van der Waals surface area contributed by atoms with Crippen molar-refractivity contribution in [1.82, 2.24) is 4.90 Å². The van der Waals surface area contributed by atoms with Crippen LogP contribution in [-0.4, -0.2) is 40.9 Å². The topological polar surface area (TPSA) is 102 Å². The van der Waals surface area contributed by atoms with Crippen LogP contribution in [0.15, 0.2) is 48.5 Å². The maximum Gasteiger partial charge on any atom is 0.274 e. The summed E-state index contributed by atoms with van der Waals surface area (Å²) in [6.45, 7) is 4.80. The molecular formula is C20H24N4O3. The molecule has 3 atom stereocenters. The second-order valence-electron chi connectivity index (χ2n) is 7.01. The minimum absolute atomic E-state index is 0.00668. The van der Waals surface area contributed by atoms with E-state index in [0.717, 1.165) is 0 Å². The van der Waals surface area contributed by atoms with Gasteiger partial charge >= 0.3 is 0 Å². The normalized spacial score (nSPS) is 21.0. The standard InChI is InChI=1S/C20H24N4O3/c1-13-18(9-6-10-19(13)24(26)27)22-20(25)14(2)23-11-16(17(21)12-23)15-7-4-3-5-8-15/h3-10,14,16-17H,11-12,21H2,1-2H3,(H,22,25)/t14?,16-,17+/m0/s1. The summed E-state index contributed by atoms with van der Waals surface area (Å²) in [5, 5.41) is 13.9. The highest BCUT2D eigenvalue weighted by atomic mass is 16.6. The second-order valence-corrected chi connectivity index (χ2v) is 7.01. The number of nitro benzene ring substituents is 1. The molecule has 0 saturated carbocycles. The lowest BCUT2D eigenvalue weighted by Gasteiger charge is -2.23. The third kappa shape index (κ3) is 3.99. The zero-order valence-corrected chi connectivity index (χ0v) is 15.5. The van der Waals surface area contributed by atoms with Crippen molar-refractivity contribution in [3.05, 3.63) is 69.8 Å². The van der Waals surface area contributed by atoms with Crippen molar-refractivity contribution in [2.45, 2.75) is 31.8 Å². The van der Waals surface area contributed by atoms with Gasteiger partial charge in [0.15, 0.2) is 0 Å². The van der Waals surface area contributed by atoms with Crippen molar-refractivity contribution in [3.8, 4) is 0 Å². The van der Waals surface area contributed by atoms with E-state index in [0.29, 0.717) is 24.3 Å².